The lowest BCUT2D eigenvalue weighted by Crippen LogP contribution is -2.33. The van der Waals surface area contributed by atoms with Crippen molar-refractivity contribution in [3.8, 4) is 6.07 Å². The van der Waals surface area contributed by atoms with Crippen molar-refractivity contribution in [2.75, 3.05) is 24.5 Å². The van der Waals surface area contributed by atoms with Crippen LogP contribution in [-0.4, -0.2) is 25.5 Å². The number of anilines is 1. The average Bonchev–Trinajstić information content (AvgIpc) is 2.54. The summed E-state index contributed by atoms with van der Waals surface area (Å²) in [7, 11) is 0. The minimum atomic E-state index is 0.0187. The highest BCUT2D eigenvalue weighted by atomic mass is 16.2. The first-order chi connectivity index (χ1) is 7.81. The predicted octanol–water partition coefficient (Wildman–Crippen LogP) is 0.885. The van der Waals surface area contributed by atoms with Gasteiger partial charge in [-0.15, -0.1) is 0 Å². The molecule has 2 rings (SSSR count). The van der Waals surface area contributed by atoms with Gasteiger partial charge in [0.2, 0.25) is 5.91 Å². The van der Waals surface area contributed by atoms with E-state index in [1.165, 1.54) is 0 Å². The summed E-state index contributed by atoms with van der Waals surface area (Å²) in [6, 6.07) is 9.54. The van der Waals surface area contributed by atoms with Gasteiger partial charge in [-0.25, -0.2) is 0 Å². The van der Waals surface area contributed by atoms with Crippen molar-refractivity contribution in [2.45, 2.75) is 6.42 Å². The molecule has 4 nitrogen and oxygen atoms in total. The molecular weight excluding hydrogens is 202 g/mol. The smallest absolute Gasteiger partial charge is 0.239 e. The Morgan fingerprint density at radius 2 is 2.19 bits per heavy atom. The van der Waals surface area contributed by atoms with Crippen molar-refractivity contribution in [3.05, 3.63) is 29.8 Å². The lowest BCUT2D eigenvalue weighted by Gasteiger charge is -2.22. The SMILES string of the molecule is N#Cc1ccccc1N1CCCNC(=O)C1. The van der Waals surface area contributed by atoms with Crippen LogP contribution in [0.25, 0.3) is 0 Å². The third kappa shape index (κ3) is 2.14. The second-order valence-corrected chi connectivity index (χ2v) is 3.75. The highest BCUT2D eigenvalue weighted by molar-refractivity contribution is 5.82. The monoisotopic (exact) mass is 215 g/mol. The van der Waals surface area contributed by atoms with E-state index in [0.29, 0.717) is 18.7 Å². The van der Waals surface area contributed by atoms with E-state index in [9.17, 15) is 4.79 Å². The molecule has 0 bridgehead atoms. The molecule has 1 heterocycles. The molecule has 0 saturated carbocycles. The van der Waals surface area contributed by atoms with E-state index in [0.717, 1.165) is 18.7 Å². The molecule has 0 radical (unpaired) electrons. The maximum absolute atomic E-state index is 11.4. The van der Waals surface area contributed by atoms with E-state index in [1.807, 2.05) is 23.1 Å². The number of nitrogens with one attached hydrogen (secondary N) is 1. The summed E-state index contributed by atoms with van der Waals surface area (Å²) >= 11 is 0. The fraction of sp³-hybridized carbons (Fsp3) is 0.333. The fourth-order valence-corrected chi connectivity index (χ4v) is 1.86. The van der Waals surface area contributed by atoms with Gasteiger partial charge in [0.1, 0.15) is 6.07 Å². The maximum atomic E-state index is 11.4. The van der Waals surface area contributed by atoms with Crippen LogP contribution in [0.5, 0.6) is 0 Å². The number of amides is 1. The van der Waals surface area contributed by atoms with Gasteiger partial charge in [-0.2, -0.15) is 5.26 Å². The van der Waals surface area contributed by atoms with Crippen molar-refractivity contribution in [3.63, 3.8) is 0 Å². The molecule has 0 aliphatic carbocycles. The molecule has 0 unspecified atom stereocenters. The first kappa shape index (κ1) is 10.5. The molecule has 82 valence electrons. The maximum Gasteiger partial charge on any atom is 0.239 e. The third-order valence-corrected chi connectivity index (χ3v) is 2.63. The van der Waals surface area contributed by atoms with Gasteiger partial charge in [-0.3, -0.25) is 4.79 Å². The van der Waals surface area contributed by atoms with Crippen molar-refractivity contribution in [1.82, 2.24) is 5.32 Å². The van der Waals surface area contributed by atoms with E-state index in [1.54, 1.807) is 6.07 Å². The Balaban J connectivity index is 2.28. The van der Waals surface area contributed by atoms with Gasteiger partial charge >= 0.3 is 0 Å². The van der Waals surface area contributed by atoms with Crippen molar-refractivity contribution in [2.24, 2.45) is 0 Å². The average molecular weight is 215 g/mol. The quantitative estimate of drug-likeness (QED) is 0.756. The van der Waals surface area contributed by atoms with E-state index in [-0.39, 0.29) is 5.91 Å². The highest BCUT2D eigenvalue weighted by Crippen LogP contribution is 2.20. The van der Waals surface area contributed by atoms with Gasteiger partial charge in [0.25, 0.3) is 0 Å². The summed E-state index contributed by atoms with van der Waals surface area (Å²) in [5, 5.41) is 11.8. The lowest BCUT2D eigenvalue weighted by molar-refractivity contribution is -0.119. The molecule has 0 spiro atoms. The molecule has 1 aliphatic rings. The Morgan fingerprint density at radius 1 is 1.38 bits per heavy atom. The van der Waals surface area contributed by atoms with E-state index >= 15 is 0 Å². The number of benzene rings is 1. The summed E-state index contributed by atoms with van der Waals surface area (Å²) in [4.78, 5) is 13.4. The number of rotatable bonds is 1. The van der Waals surface area contributed by atoms with Crippen LogP contribution >= 0.6 is 0 Å². The van der Waals surface area contributed by atoms with Crippen LogP contribution in [0.2, 0.25) is 0 Å². The Kier molecular flexibility index (Phi) is 3.06. The van der Waals surface area contributed by atoms with Crippen LogP contribution in [0.4, 0.5) is 5.69 Å². The van der Waals surface area contributed by atoms with Crippen LogP contribution in [0.1, 0.15) is 12.0 Å². The number of para-hydroxylation sites is 1. The molecule has 0 aromatic heterocycles. The lowest BCUT2D eigenvalue weighted by atomic mass is 10.1. The number of carbonyl (C=O) groups is 1. The minimum absolute atomic E-state index is 0.0187. The number of hydrogen-bond acceptors (Lipinski definition) is 3. The number of carbonyl (C=O) groups excluding carboxylic acids is 1. The topological polar surface area (TPSA) is 56.1 Å². The molecule has 0 atom stereocenters. The zero-order valence-corrected chi connectivity index (χ0v) is 8.94. The van der Waals surface area contributed by atoms with Crippen molar-refractivity contribution in [1.29, 1.82) is 5.26 Å². The second kappa shape index (κ2) is 4.67. The molecule has 1 aliphatic heterocycles. The number of hydrogen-bond donors (Lipinski definition) is 1. The normalized spacial score (nSPS) is 16.2. The van der Waals surface area contributed by atoms with E-state index in [2.05, 4.69) is 11.4 Å². The van der Waals surface area contributed by atoms with Crippen LogP contribution in [0.15, 0.2) is 24.3 Å². The molecule has 1 amide bonds. The molecule has 1 fully saturated rings. The Bertz CT molecular complexity index is 436. The summed E-state index contributed by atoms with van der Waals surface area (Å²) in [5.41, 5.74) is 1.47. The standard InChI is InChI=1S/C12H13N3O/c13-8-10-4-1-2-5-11(10)15-7-3-6-14-12(16)9-15/h1-2,4-5H,3,6-7,9H2,(H,14,16). The van der Waals surface area contributed by atoms with E-state index in [4.69, 9.17) is 5.26 Å². The van der Waals surface area contributed by atoms with Gasteiger partial charge in [-0.1, -0.05) is 12.1 Å². The van der Waals surface area contributed by atoms with Crippen molar-refractivity contribution < 1.29 is 4.79 Å². The van der Waals surface area contributed by atoms with Gasteiger partial charge in [0.05, 0.1) is 17.8 Å². The highest BCUT2D eigenvalue weighted by Gasteiger charge is 2.16. The van der Waals surface area contributed by atoms with Gasteiger partial charge < -0.3 is 10.2 Å². The van der Waals surface area contributed by atoms with Crippen LogP contribution in [0.3, 0.4) is 0 Å². The molecule has 4 heteroatoms. The van der Waals surface area contributed by atoms with E-state index < -0.39 is 0 Å². The molecule has 1 aromatic rings. The number of nitrogens with zero attached hydrogens (tertiary/aromatic N) is 2. The fourth-order valence-electron chi connectivity index (χ4n) is 1.86. The number of nitriles is 1. The zero-order valence-electron chi connectivity index (χ0n) is 8.94. The zero-order chi connectivity index (χ0) is 11.4. The van der Waals surface area contributed by atoms with Crippen LogP contribution < -0.4 is 10.2 Å². The van der Waals surface area contributed by atoms with Gasteiger partial charge in [-0.05, 0) is 18.6 Å². The summed E-state index contributed by atoms with van der Waals surface area (Å²) in [6.07, 6.45) is 0.908. The Hall–Kier alpha value is -2.02. The third-order valence-electron chi connectivity index (χ3n) is 2.63. The first-order valence-electron chi connectivity index (χ1n) is 5.32. The van der Waals surface area contributed by atoms with Crippen molar-refractivity contribution >= 4 is 11.6 Å². The first-order valence-corrected chi connectivity index (χ1v) is 5.32. The molecule has 1 saturated heterocycles. The van der Waals surface area contributed by atoms with Crippen LogP contribution in [0, 0.1) is 11.3 Å². The Labute approximate surface area is 94.5 Å². The van der Waals surface area contributed by atoms with Gasteiger partial charge in [0, 0.05) is 13.1 Å². The Morgan fingerprint density at radius 3 is 3.00 bits per heavy atom. The molecule has 16 heavy (non-hydrogen) atoms. The molecular formula is C12H13N3O. The summed E-state index contributed by atoms with van der Waals surface area (Å²) in [5.74, 6) is 0.0187. The molecule has 1 aromatic carbocycles. The molecule has 1 N–H and O–H groups in total. The van der Waals surface area contributed by atoms with Crippen LogP contribution in [-0.2, 0) is 4.79 Å². The minimum Gasteiger partial charge on any atom is -0.361 e. The predicted molar refractivity (Wildman–Crippen MR) is 61.0 cm³/mol. The summed E-state index contributed by atoms with van der Waals surface area (Å²) in [6.45, 7) is 1.85. The largest absolute Gasteiger partial charge is 0.361 e. The second-order valence-electron chi connectivity index (χ2n) is 3.75. The summed E-state index contributed by atoms with van der Waals surface area (Å²) < 4.78 is 0. The van der Waals surface area contributed by atoms with Gasteiger partial charge in [0.15, 0.2) is 0 Å².